The minimum atomic E-state index is -5.01. The molecule has 0 aliphatic heterocycles. The molecule has 58 heavy (non-hydrogen) atoms. The maximum atomic E-state index is 13.0. The zero-order valence-corrected chi connectivity index (χ0v) is 34.5. The molecule has 1 rings (SSSR count). The molecule has 2 amide bonds. The van der Waals surface area contributed by atoms with Crippen LogP contribution in [0.4, 0.5) is 0 Å². The second kappa shape index (κ2) is 29.7. The molecule has 0 aliphatic carbocycles. The molecule has 0 spiro atoms. The van der Waals surface area contributed by atoms with Gasteiger partial charge in [0.05, 0.1) is 39.2 Å². The Labute approximate surface area is 338 Å². The van der Waals surface area contributed by atoms with Gasteiger partial charge in [-0.15, -0.1) is 11.5 Å². The predicted octanol–water partition coefficient (Wildman–Crippen LogP) is 1.27. The maximum Gasteiger partial charge on any atom is 0.469 e. The molecule has 0 fully saturated rings. The highest BCUT2D eigenvalue weighted by atomic mass is 31.2. The average molecular weight is 848 g/mol. The van der Waals surface area contributed by atoms with Crippen LogP contribution in [0.25, 0.3) is 0 Å². The first kappa shape index (κ1) is 51.6. The maximum absolute atomic E-state index is 13.0. The molecule has 1 aromatic rings. The van der Waals surface area contributed by atoms with Crippen LogP contribution in [0.2, 0.25) is 0 Å². The van der Waals surface area contributed by atoms with Crippen molar-refractivity contribution in [2.45, 2.75) is 116 Å². The van der Waals surface area contributed by atoms with E-state index in [0.717, 1.165) is 0 Å². The minimum Gasteiger partial charge on any atom is -0.459 e. The molecule has 4 N–H and O–H groups in total. The van der Waals surface area contributed by atoms with Gasteiger partial charge in [0, 0.05) is 45.3 Å². The quantitative estimate of drug-likeness (QED) is 0.0261. The van der Waals surface area contributed by atoms with Gasteiger partial charge in [0.1, 0.15) is 18.3 Å². The second-order valence-electron chi connectivity index (χ2n) is 12.9. The van der Waals surface area contributed by atoms with Gasteiger partial charge in [-0.2, -0.15) is 0 Å². The normalized spacial score (nSPS) is 13.3. The van der Waals surface area contributed by atoms with E-state index in [0.29, 0.717) is 38.9 Å². The lowest BCUT2D eigenvalue weighted by atomic mass is 10.0. The number of aromatic nitrogens is 3. The van der Waals surface area contributed by atoms with Crippen molar-refractivity contribution in [1.82, 2.24) is 25.6 Å². The standard InChI is InChI=1S/C36H58N5O16P/c1-6-9-11-33(44)56-29(30(25-55-58(48,49)50)57-34(45)12-10-7-2)23-41-22-27(39-40-41)24-54-32(43)16-14-28(36(47)37-17-19-52-21-20-51-5)38-35(46)26(4)13-15-31(42)53-18-8-3/h3,22,26,28-30H,6-7,9-21,23-25H2,1-2,4-5H3,(H,37,47)(H,38,46)(H2,48,49,50)/t26?,28?,29-,30-/m0/s1. The summed E-state index contributed by atoms with van der Waals surface area (Å²) in [6.45, 7) is 4.61. The molecular weight excluding hydrogens is 789 g/mol. The van der Waals surface area contributed by atoms with Gasteiger partial charge in [-0.3, -0.25) is 33.3 Å². The van der Waals surface area contributed by atoms with Crippen LogP contribution < -0.4 is 10.6 Å². The fraction of sp³-hybridized carbons (Fsp3) is 0.722. The highest BCUT2D eigenvalue weighted by Gasteiger charge is 2.33. The molecule has 22 heteroatoms. The number of esters is 4. The number of rotatable bonds is 32. The Morgan fingerprint density at radius 3 is 2.14 bits per heavy atom. The summed E-state index contributed by atoms with van der Waals surface area (Å²) >= 11 is 0. The zero-order chi connectivity index (χ0) is 43.3. The fourth-order valence-corrected chi connectivity index (χ4v) is 5.08. The zero-order valence-electron chi connectivity index (χ0n) is 33.6. The van der Waals surface area contributed by atoms with Crippen LogP contribution in [-0.4, -0.2) is 125 Å². The van der Waals surface area contributed by atoms with Crippen LogP contribution in [0.1, 0.15) is 90.7 Å². The first-order valence-electron chi connectivity index (χ1n) is 19.0. The van der Waals surface area contributed by atoms with E-state index in [4.69, 9.17) is 34.8 Å². The van der Waals surface area contributed by atoms with Crippen molar-refractivity contribution in [2.24, 2.45) is 5.92 Å². The lowest BCUT2D eigenvalue weighted by Crippen LogP contribution is -2.49. The Morgan fingerprint density at radius 1 is 0.879 bits per heavy atom. The number of terminal acetylenes is 1. The van der Waals surface area contributed by atoms with Crippen LogP contribution in [-0.2, 0) is 79.4 Å². The van der Waals surface area contributed by atoms with Gasteiger partial charge in [0.2, 0.25) is 11.8 Å². The van der Waals surface area contributed by atoms with Crippen molar-refractivity contribution in [2.75, 3.05) is 46.7 Å². The van der Waals surface area contributed by atoms with Crippen LogP contribution >= 0.6 is 7.82 Å². The molecule has 0 radical (unpaired) electrons. The molecule has 1 aromatic heterocycles. The number of unbranched alkanes of at least 4 members (excludes halogenated alkanes) is 2. The molecule has 0 aliphatic rings. The van der Waals surface area contributed by atoms with Crippen molar-refractivity contribution in [3.8, 4) is 12.3 Å². The first-order valence-corrected chi connectivity index (χ1v) is 20.5. The molecular formula is C36H58N5O16P. The number of ether oxygens (including phenoxy) is 6. The lowest BCUT2D eigenvalue weighted by Gasteiger charge is -2.27. The van der Waals surface area contributed by atoms with Crippen molar-refractivity contribution < 1.29 is 76.1 Å². The van der Waals surface area contributed by atoms with E-state index in [-0.39, 0.29) is 77.1 Å². The number of phosphoric ester groups is 1. The third-order valence-corrected chi connectivity index (χ3v) is 8.47. The van der Waals surface area contributed by atoms with E-state index in [1.807, 2.05) is 13.8 Å². The highest BCUT2D eigenvalue weighted by molar-refractivity contribution is 7.46. The molecule has 21 nitrogen and oxygen atoms in total. The SMILES string of the molecule is C#CCOC(=O)CCC(C)C(=O)NC(CCC(=O)OCc1cn(C[C@H](OC(=O)CCCC)[C@H](COP(=O)(O)O)OC(=O)CCCC)nn1)C(=O)NCCOCCOC. The summed E-state index contributed by atoms with van der Waals surface area (Å²) in [6, 6.07) is -1.15. The second-order valence-corrected chi connectivity index (χ2v) is 14.2. The number of nitrogens with zero attached hydrogens (tertiary/aromatic N) is 3. The van der Waals surface area contributed by atoms with Crippen molar-refractivity contribution in [1.29, 1.82) is 0 Å². The topological polar surface area (TPSA) is 279 Å². The third-order valence-electron chi connectivity index (χ3n) is 7.98. The lowest BCUT2D eigenvalue weighted by molar-refractivity contribution is -0.172. The van der Waals surface area contributed by atoms with Gasteiger partial charge in [-0.05, 0) is 25.7 Å². The van der Waals surface area contributed by atoms with E-state index < -0.39 is 74.3 Å². The average Bonchev–Trinajstić information content (AvgIpc) is 3.64. The molecule has 0 saturated heterocycles. The number of hydrogen-bond donors (Lipinski definition) is 4. The van der Waals surface area contributed by atoms with Gasteiger partial charge in [0.25, 0.3) is 0 Å². The number of hydrogen-bond acceptors (Lipinski definition) is 16. The molecule has 0 saturated carbocycles. The van der Waals surface area contributed by atoms with Crippen molar-refractivity contribution in [3.63, 3.8) is 0 Å². The van der Waals surface area contributed by atoms with Crippen LogP contribution in [0, 0.1) is 18.3 Å². The summed E-state index contributed by atoms with van der Waals surface area (Å²) in [5, 5.41) is 13.2. The van der Waals surface area contributed by atoms with Gasteiger partial charge >= 0.3 is 31.7 Å². The molecule has 328 valence electrons. The Balaban J connectivity index is 2.99. The van der Waals surface area contributed by atoms with Crippen molar-refractivity contribution >= 4 is 43.5 Å². The first-order chi connectivity index (χ1) is 27.6. The number of nitrogens with one attached hydrogen (secondary N) is 2. The molecule has 4 atom stereocenters. The number of carbonyl (C=O) groups excluding carboxylic acids is 6. The Hall–Kier alpha value is -4.45. The minimum absolute atomic E-state index is 0.00561. The Kier molecular flexibility index (Phi) is 26.4. The van der Waals surface area contributed by atoms with Crippen LogP contribution in [0.3, 0.4) is 0 Å². The van der Waals surface area contributed by atoms with E-state index in [2.05, 4.69) is 31.4 Å². The van der Waals surface area contributed by atoms with Gasteiger partial charge in [0.15, 0.2) is 18.8 Å². The van der Waals surface area contributed by atoms with E-state index in [1.165, 1.54) is 18.0 Å². The monoisotopic (exact) mass is 847 g/mol. The van der Waals surface area contributed by atoms with E-state index in [9.17, 15) is 43.1 Å². The number of methoxy groups -OCH3 is 1. The summed E-state index contributed by atoms with van der Waals surface area (Å²) in [7, 11) is -3.49. The summed E-state index contributed by atoms with van der Waals surface area (Å²) in [6.07, 6.45) is 5.67. The highest BCUT2D eigenvalue weighted by Crippen LogP contribution is 2.36. The van der Waals surface area contributed by atoms with E-state index in [1.54, 1.807) is 6.92 Å². The van der Waals surface area contributed by atoms with Crippen LogP contribution in [0.15, 0.2) is 6.20 Å². The summed E-state index contributed by atoms with van der Waals surface area (Å²) in [4.78, 5) is 94.4. The number of phosphoric acid groups is 1. The van der Waals surface area contributed by atoms with Gasteiger partial charge < -0.3 is 48.8 Å². The predicted molar refractivity (Wildman–Crippen MR) is 202 cm³/mol. The smallest absolute Gasteiger partial charge is 0.459 e. The van der Waals surface area contributed by atoms with Crippen LogP contribution in [0.5, 0.6) is 0 Å². The largest absolute Gasteiger partial charge is 0.469 e. The summed E-state index contributed by atoms with van der Waals surface area (Å²) < 4.78 is 48.7. The summed E-state index contributed by atoms with van der Waals surface area (Å²) in [5.41, 5.74) is 0.151. The molecule has 0 bridgehead atoms. The molecule has 0 aromatic carbocycles. The van der Waals surface area contributed by atoms with E-state index >= 15 is 0 Å². The Morgan fingerprint density at radius 2 is 1.52 bits per heavy atom. The van der Waals surface area contributed by atoms with Crippen molar-refractivity contribution in [3.05, 3.63) is 11.9 Å². The van der Waals surface area contributed by atoms with Gasteiger partial charge in [-0.25, -0.2) is 9.25 Å². The Bertz CT molecular complexity index is 1510. The third kappa shape index (κ3) is 24.4. The number of carbonyl (C=O) groups is 6. The number of amides is 2. The van der Waals surface area contributed by atoms with Gasteiger partial charge in [-0.1, -0.05) is 44.7 Å². The summed E-state index contributed by atoms with van der Waals surface area (Å²) in [5.74, 6) is -2.29. The molecule has 2 unspecified atom stereocenters. The fourth-order valence-electron chi connectivity index (χ4n) is 4.74. The molecule has 1 heterocycles.